The second-order valence-electron chi connectivity index (χ2n) is 7.01. The van der Waals surface area contributed by atoms with E-state index in [2.05, 4.69) is 12.1 Å². The Bertz CT molecular complexity index is 688. The number of benzene rings is 2. The second kappa shape index (κ2) is 13.1. The summed E-state index contributed by atoms with van der Waals surface area (Å²) in [5.41, 5.74) is 8.61. The van der Waals surface area contributed by atoms with Crippen molar-refractivity contribution in [1.82, 2.24) is 4.90 Å². The molecule has 0 aliphatic heterocycles. The predicted molar refractivity (Wildman–Crippen MR) is 117 cm³/mol. The molecule has 0 aliphatic carbocycles. The summed E-state index contributed by atoms with van der Waals surface area (Å²) >= 11 is 0. The van der Waals surface area contributed by atoms with E-state index in [9.17, 15) is 4.79 Å². The van der Waals surface area contributed by atoms with Crippen LogP contribution >= 0.6 is 0 Å². The number of carbonyl (C=O) groups is 1. The highest BCUT2D eigenvalue weighted by Crippen LogP contribution is 2.10. The van der Waals surface area contributed by atoms with Gasteiger partial charge >= 0.3 is 0 Å². The number of carbonyl (C=O) groups excluding carboxylic acids is 1. The van der Waals surface area contributed by atoms with Crippen LogP contribution in [0.2, 0.25) is 0 Å². The van der Waals surface area contributed by atoms with Gasteiger partial charge in [-0.2, -0.15) is 0 Å². The Hall–Kier alpha value is -2.21. The lowest BCUT2D eigenvalue weighted by Gasteiger charge is -2.29. The van der Waals surface area contributed by atoms with Crippen LogP contribution < -0.4 is 5.73 Å². The topological polar surface area (TPSA) is 64.8 Å². The molecule has 2 aromatic carbocycles. The Kier molecular flexibility index (Phi) is 10.4. The summed E-state index contributed by atoms with van der Waals surface area (Å²) in [5.74, 6) is -0.0636. The van der Waals surface area contributed by atoms with Gasteiger partial charge in [0.1, 0.15) is 0 Å². The Morgan fingerprint density at radius 3 is 2.03 bits per heavy atom. The van der Waals surface area contributed by atoms with Crippen LogP contribution in [-0.4, -0.2) is 49.4 Å². The fraction of sp³-hybridized carbons (Fsp3) is 0.458. The maximum atomic E-state index is 13.1. The van der Waals surface area contributed by atoms with Crippen molar-refractivity contribution in [2.24, 2.45) is 5.73 Å². The van der Waals surface area contributed by atoms with Crippen molar-refractivity contribution in [2.75, 3.05) is 26.3 Å². The zero-order valence-corrected chi connectivity index (χ0v) is 17.6. The van der Waals surface area contributed by atoms with Crippen molar-refractivity contribution in [3.8, 4) is 0 Å². The summed E-state index contributed by atoms with van der Waals surface area (Å²) in [6.45, 7) is 5.92. The molecule has 29 heavy (non-hydrogen) atoms. The molecule has 158 valence electrons. The van der Waals surface area contributed by atoms with E-state index in [1.807, 2.05) is 62.4 Å². The van der Waals surface area contributed by atoms with E-state index in [0.29, 0.717) is 32.7 Å². The molecule has 1 atom stereocenters. The van der Waals surface area contributed by atoms with Gasteiger partial charge in [-0.3, -0.25) is 4.79 Å². The van der Waals surface area contributed by atoms with E-state index in [0.717, 1.165) is 18.4 Å². The molecular formula is C24H34N2O3. The average Bonchev–Trinajstić information content (AvgIpc) is 2.74. The fourth-order valence-electron chi connectivity index (χ4n) is 3.31. The van der Waals surface area contributed by atoms with Crippen molar-refractivity contribution < 1.29 is 14.3 Å². The van der Waals surface area contributed by atoms with Gasteiger partial charge in [-0.15, -0.1) is 0 Å². The van der Waals surface area contributed by atoms with Crippen molar-refractivity contribution in [3.63, 3.8) is 0 Å². The molecule has 0 radical (unpaired) electrons. The number of aryl methyl sites for hydroxylation is 1. The highest BCUT2D eigenvalue weighted by Gasteiger charge is 2.24. The number of hydrogen-bond donors (Lipinski definition) is 1. The quantitative estimate of drug-likeness (QED) is 0.525. The van der Waals surface area contributed by atoms with Crippen LogP contribution in [0.4, 0.5) is 0 Å². The predicted octanol–water partition coefficient (Wildman–Crippen LogP) is 3.42. The van der Waals surface area contributed by atoms with Gasteiger partial charge in [0.15, 0.2) is 6.29 Å². The Morgan fingerprint density at radius 1 is 0.931 bits per heavy atom. The molecule has 0 aliphatic rings. The summed E-state index contributed by atoms with van der Waals surface area (Å²) < 4.78 is 11.3. The summed E-state index contributed by atoms with van der Waals surface area (Å²) in [7, 11) is 0. The highest BCUT2D eigenvalue weighted by molar-refractivity contribution is 5.82. The van der Waals surface area contributed by atoms with E-state index in [1.54, 1.807) is 4.90 Å². The first kappa shape index (κ1) is 23.1. The molecule has 2 aromatic rings. The molecule has 5 nitrogen and oxygen atoms in total. The first-order chi connectivity index (χ1) is 14.1. The van der Waals surface area contributed by atoms with E-state index < -0.39 is 12.3 Å². The third-order valence-corrected chi connectivity index (χ3v) is 4.74. The number of amides is 1. The fourth-order valence-corrected chi connectivity index (χ4v) is 3.31. The van der Waals surface area contributed by atoms with E-state index in [1.165, 1.54) is 5.56 Å². The lowest BCUT2D eigenvalue weighted by Crippen LogP contribution is -2.48. The largest absolute Gasteiger partial charge is 0.351 e. The minimum absolute atomic E-state index is 0.0636. The molecule has 1 amide bonds. The molecule has 0 saturated heterocycles. The maximum Gasteiger partial charge on any atom is 0.240 e. The third kappa shape index (κ3) is 8.36. The monoisotopic (exact) mass is 398 g/mol. The standard InChI is InChI=1S/C24H34N2O3/c1-3-28-23(29-4-2)19-26(17-11-16-20-12-7-5-8-13-20)24(27)22(25)18-21-14-9-6-10-15-21/h5-10,12-15,22-23H,3-4,11,16-19,25H2,1-2H3/t22-/m0/s1. The minimum atomic E-state index is -0.585. The number of ether oxygens (including phenoxy) is 2. The molecule has 0 unspecified atom stereocenters. The van der Waals surface area contributed by atoms with E-state index in [4.69, 9.17) is 15.2 Å². The van der Waals surface area contributed by atoms with Gasteiger partial charge in [0, 0.05) is 19.8 Å². The SMILES string of the molecule is CCOC(CN(CCCc1ccccc1)C(=O)[C@@H](N)Cc1ccccc1)OCC. The molecule has 0 spiro atoms. The van der Waals surface area contributed by atoms with Crippen LogP contribution in [0.5, 0.6) is 0 Å². The first-order valence-corrected chi connectivity index (χ1v) is 10.5. The number of nitrogens with two attached hydrogens (primary N) is 1. The Labute approximate surface area is 174 Å². The summed E-state index contributed by atoms with van der Waals surface area (Å²) in [4.78, 5) is 14.9. The lowest BCUT2D eigenvalue weighted by atomic mass is 10.0. The average molecular weight is 399 g/mol. The summed E-state index contributed by atoms with van der Waals surface area (Å²) in [5, 5.41) is 0. The van der Waals surface area contributed by atoms with Crippen LogP contribution in [0.1, 0.15) is 31.4 Å². The maximum absolute atomic E-state index is 13.1. The Balaban J connectivity index is 2.01. The molecule has 2 rings (SSSR count). The number of hydrogen-bond acceptors (Lipinski definition) is 4. The highest BCUT2D eigenvalue weighted by atomic mass is 16.7. The van der Waals surface area contributed by atoms with E-state index >= 15 is 0 Å². The Morgan fingerprint density at radius 2 is 1.48 bits per heavy atom. The van der Waals surface area contributed by atoms with Crippen molar-refractivity contribution in [1.29, 1.82) is 0 Å². The molecule has 0 fully saturated rings. The van der Waals surface area contributed by atoms with Crippen LogP contribution in [0.15, 0.2) is 60.7 Å². The van der Waals surface area contributed by atoms with Crippen LogP contribution in [0.25, 0.3) is 0 Å². The third-order valence-electron chi connectivity index (χ3n) is 4.74. The van der Waals surface area contributed by atoms with Crippen molar-refractivity contribution in [3.05, 3.63) is 71.8 Å². The van der Waals surface area contributed by atoms with Crippen molar-refractivity contribution in [2.45, 2.75) is 45.4 Å². The van der Waals surface area contributed by atoms with Crippen LogP contribution in [0, 0.1) is 0 Å². The van der Waals surface area contributed by atoms with Crippen molar-refractivity contribution >= 4 is 5.91 Å². The molecule has 2 N–H and O–H groups in total. The van der Waals surface area contributed by atoms with Gasteiger partial charge in [-0.05, 0) is 44.2 Å². The van der Waals surface area contributed by atoms with Crippen LogP contribution in [-0.2, 0) is 27.1 Å². The number of rotatable bonds is 13. The van der Waals surface area contributed by atoms with Crippen LogP contribution in [0.3, 0.4) is 0 Å². The summed E-state index contributed by atoms with van der Waals surface area (Å²) in [6.07, 6.45) is 1.85. The zero-order chi connectivity index (χ0) is 20.9. The summed E-state index contributed by atoms with van der Waals surface area (Å²) in [6, 6.07) is 19.6. The van der Waals surface area contributed by atoms with E-state index in [-0.39, 0.29) is 5.91 Å². The molecule has 0 saturated carbocycles. The van der Waals surface area contributed by atoms with Gasteiger partial charge in [0.05, 0.1) is 12.6 Å². The number of nitrogens with zero attached hydrogens (tertiary/aromatic N) is 1. The molecular weight excluding hydrogens is 364 g/mol. The van der Waals surface area contributed by atoms with Gasteiger partial charge in [0.2, 0.25) is 5.91 Å². The molecule has 5 heteroatoms. The van der Waals surface area contributed by atoms with Gasteiger partial charge < -0.3 is 20.1 Å². The normalized spacial score (nSPS) is 12.1. The van der Waals surface area contributed by atoms with Gasteiger partial charge in [-0.25, -0.2) is 0 Å². The molecule has 0 heterocycles. The smallest absolute Gasteiger partial charge is 0.240 e. The van der Waals surface area contributed by atoms with Gasteiger partial charge in [0.25, 0.3) is 0 Å². The minimum Gasteiger partial charge on any atom is -0.351 e. The lowest BCUT2D eigenvalue weighted by molar-refractivity contribution is -0.159. The van der Waals surface area contributed by atoms with Gasteiger partial charge in [-0.1, -0.05) is 60.7 Å². The first-order valence-electron chi connectivity index (χ1n) is 10.5. The molecule has 0 bridgehead atoms. The zero-order valence-electron chi connectivity index (χ0n) is 17.6. The second-order valence-corrected chi connectivity index (χ2v) is 7.01. The molecule has 0 aromatic heterocycles.